The number of nitrogens with one attached hydrogen (secondary N) is 1. The van der Waals surface area contributed by atoms with Crippen LogP contribution < -0.4 is 5.32 Å². The molecular formula is C19H15F4N3O2S. The van der Waals surface area contributed by atoms with Gasteiger partial charge in [0.25, 0.3) is 0 Å². The summed E-state index contributed by atoms with van der Waals surface area (Å²) in [4.78, 5) is 29.8. The molecule has 2 aromatic carbocycles. The Hall–Kier alpha value is -2.88. The van der Waals surface area contributed by atoms with Gasteiger partial charge in [-0.3, -0.25) is 14.5 Å². The van der Waals surface area contributed by atoms with Crippen LogP contribution in [0.25, 0.3) is 0 Å². The maximum atomic E-state index is 13.6. The van der Waals surface area contributed by atoms with E-state index in [0.717, 1.165) is 23.9 Å². The van der Waals surface area contributed by atoms with Crippen LogP contribution in [0.15, 0.2) is 53.5 Å². The first kappa shape index (κ1) is 20.8. The molecule has 1 atom stereocenters. The minimum atomic E-state index is -4.51. The maximum Gasteiger partial charge on any atom is 0.416 e. The maximum absolute atomic E-state index is 13.6. The van der Waals surface area contributed by atoms with Gasteiger partial charge in [-0.05, 0) is 30.3 Å². The Labute approximate surface area is 167 Å². The normalized spacial score (nSPS) is 18.4. The number of hydrogen-bond acceptors (Lipinski definition) is 4. The van der Waals surface area contributed by atoms with E-state index in [1.165, 1.54) is 42.3 Å². The lowest BCUT2D eigenvalue weighted by Crippen LogP contribution is -2.30. The number of rotatable bonds is 4. The number of anilines is 1. The number of para-hydroxylation sites is 1. The van der Waals surface area contributed by atoms with Crippen molar-refractivity contribution < 1.29 is 27.2 Å². The van der Waals surface area contributed by atoms with E-state index in [1.54, 1.807) is 6.07 Å². The first-order valence-electron chi connectivity index (χ1n) is 8.39. The summed E-state index contributed by atoms with van der Waals surface area (Å²) in [5, 5.41) is 1.77. The van der Waals surface area contributed by atoms with Gasteiger partial charge in [-0.15, -0.1) is 0 Å². The first-order chi connectivity index (χ1) is 13.6. The molecule has 0 bridgehead atoms. The van der Waals surface area contributed by atoms with E-state index in [1.807, 2.05) is 0 Å². The van der Waals surface area contributed by atoms with Crippen molar-refractivity contribution in [3.8, 4) is 0 Å². The molecule has 5 nitrogen and oxygen atoms in total. The summed E-state index contributed by atoms with van der Waals surface area (Å²) < 4.78 is 52.2. The molecule has 1 fully saturated rings. The van der Waals surface area contributed by atoms with E-state index < -0.39 is 34.6 Å². The fourth-order valence-electron chi connectivity index (χ4n) is 2.59. The van der Waals surface area contributed by atoms with Crippen molar-refractivity contribution in [2.45, 2.75) is 17.8 Å². The monoisotopic (exact) mass is 425 g/mol. The van der Waals surface area contributed by atoms with Crippen molar-refractivity contribution in [3.05, 3.63) is 59.9 Å². The van der Waals surface area contributed by atoms with E-state index in [-0.39, 0.29) is 23.0 Å². The summed E-state index contributed by atoms with van der Waals surface area (Å²) in [6.07, 6.45) is -4.74. The highest BCUT2D eigenvalue weighted by atomic mass is 32.2. The van der Waals surface area contributed by atoms with Crippen molar-refractivity contribution in [1.82, 2.24) is 4.90 Å². The SMILES string of the molecule is CN1C(=O)[C@H](CC(=O)Nc2ccccc2F)SC1=Nc1cccc(C(F)(F)F)c1. The quantitative estimate of drug-likeness (QED) is 0.737. The van der Waals surface area contributed by atoms with E-state index >= 15 is 0 Å². The number of benzene rings is 2. The lowest BCUT2D eigenvalue weighted by Gasteiger charge is -2.10. The summed E-state index contributed by atoms with van der Waals surface area (Å²) in [7, 11) is 1.43. The van der Waals surface area contributed by atoms with Gasteiger partial charge in [0, 0.05) is 13.5 Å². The Morgan fingerprint density at radius 2 is 1.93 bits per heavy atom. The molecule has 152 valence electrons. The molecule has 29 heavy (non-hydrogen) atoms. The van der Waals surface area contributed by atoms with Crippen LogP contribution >= 0.6 is 11.8 Å². The smallest absolute Gasteiger partial charge is 0.324 e. The lowest BCUT2D eigenvalue weighted by atomic mass is 10.2. The van der Waals surface area contributed by atoms with Gasteiger partial charge in [-0.25, -0.2) is 9.38 Å². The van der Waals surface area contributed by atoms with Crippen LogP contribution in [-0.2, 0) is 15.8 Å². The summed E-state index contributed by atoms with van der Waals surface area (Å²) >= 11 is 0.969. The number of amides is 2. The first-order valence-corrected chi connectivity index (χ1v) is 9.27. The van der Waals surface area contributed by atoms with Crippen LogP contribution in [0.2, 0.25) is 0 Å². The zero-order valence-corrected chi connectivity index (χ0v) is 15.9. The van der Waals surface area contributed by atoms with E-state index in [0.29, 0.717) is 0 Å². The summed E-state index contributed by atoms with van der Waals surface area (Å²) in [6.45, 7) is 0. The van der Waals surface area contributed by atoms with Crippen LogP contribution in [0.3, 0.4) is 0 Å². The van der Waals surface area contributed by atoms with Crippen molar-refractivity contribution >= 4 is 40.1 Å². The molecule has 1 N–H and O–H groups in total. The Balaban J connectivity index is 1.72. The molecule has 1 aliphatic rings. The van der Waals surface area contributed by atoms with Gasteiger partial charge in [0.1, 0.15) is 11.1 Å². The van der Waals surface area contributed by atoms with Gasteiger partial charge >= 0.3 is 6.18 Å². The second kappa shape index (κ2) is 8.24. The summed E-state index contributed by atoms with van der Waals surface area (Å²) in [6, 6.07) is 10.0. The highest BCUT2D eigenvalue weighted by Gasteiger charge is 2.37. The molecule has 0 aromatic heterocycles. The fraction of sp³-hybridized carbons (Fsp3) is 0.211. The molecule has 1 aliphatic heterocycles. The standard InChI is InChI=1S/C19H15F4N3O2S/c1-26-17(28)15(10-16(27)25-14-8-3-2-7-13(14)20)29-18(26)24-12-6-4-5-11(9-12)19(21,22)23/h2-9,15H,10H2,1H3,(H,25,27)/t15-/m0/s1. The van der Waals surface area contributed by atoms with Crippen molar-refractivity contribution in [3.63, 3.8) is 0 Å². The third-order valence-electron chi connectivity index (χ3n) is 4.06. The Kier molecular flexibility index (Phi) is 5.92. The number of carbonyl (C=O) groups excluding carboxylic acids is 2. The molecule has 10 heteroatoms. The number of hydrogen-bond donors (Lipinski definition) is 1. The number of carbonyl (C=O) groups is 2. The summed E-state index contributed by atoms with van der Waals surface area (Å²) in [5.74, 6) is -1.57. The molecule has 0 spiro atoms. The third kappa shape index (κ3) is 4.94. The number of thioether (sulfide) groups is 1. The minimum absolute atomic E-state index is 0.000781. The Bertz CT molecular complexity index is 978. The number of alkyl halides is 3. The van der Waals surface area contributed by atoms with E-state index in [4.69, 9.17) is 0 Å². The van der Waals surface area contributed by atoms with Crippen LogP contribution in [0, 0.1) is 5.82 Å². The van der Waals surface area contributed by atoms with Gasteiger partial charge in [-0.1, -0.05) is 30.0 Å². The summed E-state index contributed by atoms with van der Waals surface area (Å²) in [5.41, 5.74) is -0.810. The van der Waals surface area contributed by atoms with E-state index in [2.05, 4.69) is 10.3 Å². The molecule has 1 heterocycles. The molecule has 1 saturated heterocycles. The molecule has 0 radical (unpaired) electrons. The van der Waals surface area contributed by atoms with Gasteiger partial charge in [-0.2, -0.15) is 13.2 Å². The molecule has 2 amide bonds. The second-order valence-corrected chi connectivity index (χ2v) is 7.35. The Morgan fingerprint density at radius 1 is 1.21 bits per heavy atom. The molecular weight excluding hydrogens is 410 g/mol. The average molecular weight is 425 g/mol. The van der Waals surface area contributed by atoms with Crippen molar-refractivity contribution in [2.75, 3.05) is 12.4 Å². The number of amidine groups is 1. The van der Waals surface area contributed by atoms with Gasteiger partial charge in [0.05, 0.1) is 16.9 Å². The number of halogens is 4. The average Bonchev–Trinajstić information content (AvgIpc) is 2.91. The molecule has 2 aromatic rings. The van der Waals surface area contributed by atoms with Crippen molar-refractivity contribution in [2.24, 2.45) is 4.99 Å². The molecule has 0 aliphatic carbocycles. The topological polar surface area (TPSA) is 61.8 Å². The van der Waals surface area contributed by atoms with Gasteiger partial charge in [0.2, 0.25) is 11.8 Å². The fourth-order valence-corrected chi connectivity index (χ4v) is 3.75. The predicted octanol–water partition coefficient (Wildman–Crippen LogP) is 4.43. The van der Waals surface area contributed by atoms with Gasteiger partial charge in [0.15, 0.2) is 5.17 Å². The number of nitrogens with zero attached hydrogens (tertiary/aromatic N) is 2. The second-order valence-electron chi connectivity index (χ2n) is 6.18. The molecule has 3 rings (SSSR count). The van der Waals surface area contributed by atoms with Gasteiger partial charge < -0.3 is 5.32 Å². The zero-order chi connectivity index (χ0) is 21.2. The minimum Gasteiger partial charge on any atom is -0.324 e. The Morgan fingerprint density at radius 3 is 2.62 bits per heavy atom. The van der Waals surface area contributed by atoms with Crippen LogP contribution in [0.1, 0.15) is 12.0 Å². The van der Waals surface area contributed by atoms with Crippen LogP contribution in [0.4, 0.5) is 28.9 Å². The highest BCUT2D eigenvalue weighted by Crippen LogP contribution is 2.34. The van der Waals surface area contributed by atoms with Crippen molar-refractivity contribution in [1.29, 1.82) is 0 Å². The predicted molar refractivity (Wildman–Crippen MR) is 102 cm³/mol. The third-order valence-corrected chi connectivity index (χ3v) is 5.29. The highest BCUT2D eigenvalue weighted by molar-refractivity contribution is 8.15. The molecule has 0 unspecified atom stereocenters. The molecule has 0 saturated carbocycles. The zero-order valence-electron chi connectivity index (χ0n) is 15.0. The van der Waals surface area contributed by atoms with Crippen LogP contribution in [0.5, 0.6) is 0 Å². The lowest BCUT2D eigenvalue weighted by molar-refractivity contribution is -0.137. The number of aliphatic imine (C=N–C) groups is 1. The van der Waals surface area contributed by atoms with E-state index in [9.17, 15) is 27.2 Å². The van der Waals surface area contributed by atoms with Crippen LogP contribution in [-0.4, -0.2) is 34.2 Å². The largest absolute Gasteiger partial charge is 0.416 e.